The molecule has 6 nitrogen and oxygen atoms in total. The van der Waals surface area contributed by atoms with Crippen LogP contribution in [0.5, 0.6) is 5.75 Å². The second-order valence-corrected chi connectivity index (χ2v) is 8.05. The van der Waals surface area contributed by atoms with Crippen molar-refractivity contribution in [1.29, 1.82) is 0 Å². The highest BCUT2D eigenvalue weighted by atomic mass is 35.5. The van der Waals surface area contributed by atoms with Gasteiger partial charge in [-0.05, 0) is 55.0 Å². The molecule has 0 heterocycles. The topological polar surface area (TPSA) is 75.7 Å². The van der Waals surface area contributed by atoms with E-state index in [-0.39, 0.29) is 10.6 Å². The van der Waals surface area contributed by atoms with Crippen LogP contribution in [0.3, 0.4) is 0 Å². The van der Waals surface area contributed by atoms with Gasteiger partial charge in [-0.2, -0.15) is 8.42 Å². The summed E-state index contributed by atoms with van der Waals surface area (Å²) in [5, 5.41) is 0.379. The number of amides is 1. The van der Waals surface area contributed by atoms with Crippen LogP contribution >= 0.6 is 11.6 Å². The zero-order valence-corrected chi connectivity index (χ0v) is 16.4. The summed E-state index contributed by atoms with van der Waals surface area (Å²) in [6.45, 7) is 1.79. The molecule has 0 radical (unpaired) electrons. The minimum Gasteiger partial charge on any atom is -0.408 e. The SMILES string of the molecule is Cc1ccccc1NN(C(=O)Oc1ccccc1)S(=O)(=O)c1ccc(Cl)cc1. The molecule has 0 saturated heterocycles. The first kappa shape index (κ1) is 19.7. The average Bonchev–Trinajstić information content (AvgIpc) is 2.68. The highest BCUT2D eigenvalue weighted by molar-refractivity contribution is 7.89. The summed E-state index contributed by atoms with van der Waals surface area (Å²) < 4.78 is 31.9. The normalized spacial score (nSPS) is 10.9. The fourth-order valence-corrected chi connectivity index (χ4v) is 3.62. The molecule has 1 amide bonds. The lowest BCUT2D eigenvalue weighted by atomic mass is 10.2. The van der Waals surface area contributed by atoms with Gasteiger partial charge in [-0.15, -0.1) is 4.41 Å². The Hall–Kier alpha value is -3.03. The molecule has 3 aromatic carbocycles. The van der Waals surface area contributed by atoms with E-state index in [4.69, 9.17) is 16.3 Å². The average molecular weight is 417 g/mol. The van der Waals surface area contributed by atoms with Crippen molar-refractivity contribution in [3.05, 3.63) is 89.4 Å². The van der Waals surface area contributed by atoms with E-state index < -0.39 is 16.1 Å². The maximum absolute atomic E-state index is 13.1. The lowest BCUT2D eigenvalue weighted by molar-refractivity contribution is 0.184. The molecular weight excluding hydrogens is 400 g/mol. The van der Waals surface area contributed by atoms with Gasteiger partial charge < -0.3 is 4.74 Å². The van der Waals surface area contributed by atoms with Gasteiger partial charge in [0, 0.05) is 5.02 Å². The lowest BCUT2D eigenvalue weighted by Crippen LogP contribution is -2.43. The number of carbonyl (C=O) groups is 1. The third-order valence-electron chi connectivity index (χ3n) is 3.83. The number of benzene rings is 3. The lowest BCUT2D eigenvalue weighted by Gasteiger charge is -2.24. The standard InChI is InChI=1S/C20H17ClN2O4S/c1-15-7-5-6-10-19(15)22-23(20(24)27-17-8-3-2-4-9-17)28(25,26)18-13-11-16(21)12-14-18/h2-14,22H,1H3. The Bertz CT molecular complexity index is 1070. The van der Waals surface area contributed by atoms with Crippen molar-refractivity contribution >= 4 is 33.4 Å². The van der Waals surface area contributed by atoms with E-state index in [0.29, 0.717) is 15.1 Å². The molecule has 8 heteroatoms. The Morgan fingerprint density at radius 3 is 2.18 bits per heavy atom. The van der Waals surface area contributed by atoms with Crippen LogP contribution in [0.4, 0.5) is 10.5 Å². The highest BCUT2D eigenvalue weighted by Crippen LogP contribution is 2.23. The van der Waals surface area contributed by atoms with E-state index in [2.05, 4.69) is 5.43 Å². The van der Waals surface area contributed by atoms with Gasteiger partial charge in [0.1, 0.15) is 5.75 Å². The number of nitrogens with one attached hydrogen (secondary N) is 1. The van der Waals surface area contributed by atoms with Crippen LogP contribution in [0.25, 0.3) is 0 Å². The van der Waals surface area contributed by atoms with Crippen LogP contribution < -0.4 is 10.2 Å². The Morgan fingerprint density at radius 2 is 1.54 bits per heavy atom. The number of sulfonamides is 1. The number of ether oxygens (including phenoxy) is 1. The molecule has 0 atom stereocenters. The van der Waals surface area contributed by atoms with Crippen molar-refractivity contribution in [2.45, 2.75) is 11.8 Å². The predicted molar refractivity (Wildman–Crippen MR) is 108 cm³/mol. The van der Waals surface area contributed by atoms with Gasteiger partial charge in [-0.3, -0.25) is 5.43 Å². The summed E-state index contributed by atoms with van der Waals surface area (Å²) in [6, 6.07) is 20.7. The number of para-hydroxylation sites is 2. The number of halogens is 1. The van der Waals surface area contributed by atoms with E-state index in [1.54, 1.807) is 61.5 Å². The third-order valence-corrected chi connectivity index (χ3v) is 5.67. The number of nitrogens with zero attached hydrogens (tertiary/aromatic N) is 1. The molecule has 28 heavy (non-hydrogen) atoms. The number of hydrogen-bond acceptors (Lipinski definition) is 5. The van der Waals surface area contributed by atoms with Crippen molar-refractivity contribution < 1.29 is 17.9 Å². The molecule has 1 N–H and O–H groups in total. The fourth-order valence-electron chi connectivity index (χ4n) is 2.35. The number of hydrazine groups is 1. The molecule has 0 saturated carbocycles. The van der Waals surface area contributed by atoms with E-state index in [0.717, 1.165) is 5.56 Å². The van der Waals surface area contributed by atoms with E-state index in [9.17, 15) is 13.2 Å². The molecule has 0 bridgehead atoms. The molecule has 0 fully saturated rings. The highest BCUT2D eigenvalue weighted by Gasteiger charge is 2.32. The number of rotatable bonds is 5. The summed E-state index contributed by atoms with van der Waals surface area (Å²) in [6.07, 6.45) is -1.09. The van der Waals surface area contributed by atoms with E-state index in [1.807, 2.05) is 0 Å². The maximum Gasteiger partial charge on any atom is 0.449 e. The van der Waals surface area contributed by atoms with Crippen LogP contribution in [-0.4, -0.2) is 18.9 Å². The summed E-state index contributed by atoms with van der Waals surface area (Å²) in [5.41, 5.74) is 3.86. The van der Waals surface area contributed by atoms with Gasteiger partial charge in [0.15, 0.2) is 0 Å². The second-order valence-electron chi connectivity index (χ2n) is 5.83. The molecule has 0 spiro atoms. The summed E-state index contributed by atoms with van der Waals surface area (Å²) in [4.78, 5) is 12.6. The zero-order valence-electron chi connectivity index (χ0n) is 14.9. The maximum atomic E-state index is 13.1. The molecular formula is C20H17ClN2O4S. The summed E-state index contributed by atoms with van der Waals surface area (Å²) in [7, 11) is -4.26. The molecule has 0 unspecified atom stereocenters. The van der Waals surface area contributed by atoms with E-state index >= 15 is 0 Å². The molecule has 144 valence electrons. The minimum atomic E-state index is -4.26. The Kier molecular flexibility index (Phi) is 5.87. The molecule has 0 aliphatic heterocycles. The predicted octanol–water partition coefficient (Wildman–Crippen LogP) is 4.87. The molecule has 0 aromatic heterocycles. The van der Waals surface area contributed by atoms with E-state index in [1.165, 1.54) is 24.3 Å². The first-order valence-corrected chi connectivity index (χ1v) is 10.1. The molecule has 3 aromatic rings. The number of aryl methyl sites for hydroxylation is 1. The largest absolute Gasteiger partial charge is 0.449 e. The zero-order chi connectivity index (χ0) is 20.1. The first-order chi connectivity index (χ1) is 13.4. The Balaban J connectivity index is 1.99. The monoisotopic (exact) mass is 416 g/mol. The van der Waals surface area contributed by atoms with Crippen molar-refractivity contribution in [2.75, 3.05) is 5.43 Å². The summed E-state index contributed by atoms with van der Waals surface area (Å²) >= 11 is 5.85. The van der Waals surface area contributed by atoms with Gasteiger partial charge in [0.25, 0.3) is 10.0 Å². The third kappa shape index (κ3) is 4.44. The smallest absolute Gasteiger partial charge is 0.408 e. The Morgan fingerprint density at radius 1 is 0.929 bits per heavy atom. The molecule has 3 rings (SSSR count). The van der Waals surface area contributed by atoms with Gasteiger partial charge in [-0.1, -0.05) is 48.0 Å². The second kappa shape index (κ2) is 8.33. The quantitative estimate of drug-likeness (QED) is 0.601. The molecule has 0 aliphatic rings. The fraction of sp³-hybridized carbons (Fsp3) is 0.0500. The van der Waals surface area contributed by atoms with Crippen molar-refractivity contribution in [3.63, 3.8) is 0 Å². The van der Waals surface area contributed by atoms with Crippen LogP contribution in [0.15, 0.2) is 83.8 Å². The first-order valence-electron chi connectivity index (χ1n) is 8.28. The van der Waals surface area contributed by atoms with Crippen LogP contribution in [0, 0.1) is 6.92 Å². The van der Waals surface area contributed by atoms with Crippen LogP contribution in [0.2, 0.25) is 5.02 Å². The van der Waals surface area contributed by atoms with Gasteiger partial charge in [0.05, 0.1) is 10.6 Å². The summed E-state index contributed by atoms with van der Waals surface area (Å²) in [5.74, 6) is 0.218. The number of anilines is 1. The van der Waals surface area contributed by atoms with Crippen molar-refractivity contribution in [3.8, 4) is 5.75 Å². The van der Waals surface area contributed by atoms with Crippen LogP contribution in [0.1, 0.15) is 5.56 Å². The number of carbonyl (C=O) groups excluding carboxylic acids is 1. The van der Waals surface area contributed by atoms with Gasteiger partial charge in [-0.25, -0.2) is 4.79 Å². The molecule has 0 aliphatic carbocycles. The van der Waals surface area contributed by atoms with Crippen molar-refractivity contribution in [2.24, 2.45) is 0 Å². The number of hydrogen-bond donors (Lipinski definition) is 1. The van der Waals surface area contributed by atoms with Gasteiger partial charge in [0.2, 0.25) is 0 Å². The van der Waals surface area contributed by atoms with Gasteiger partial charge >= 0.3 is 6.09 Å². The minimum absolute atomic E-state index is 0.108. The van der Waals surface area contributed by atoms with Crippen molar-refractivity contribution in [1.82, 2.24) is 4.41 Å². The van der Waals surface area contributed by atoms with Crippen LogP contribution in [-0.2, 0) is 10.0 Å². The Labute approximate surface area is 168 Å².